The second kappa shape index (κ2) is 9.08. The van der Waals surface area contributed by atoms with E-state index in [9.17, 15) is 4.79 Å². The quantitative estimate of drug-likeness (QED) is 0.565. The van der Waals surface area contributed by atoms with E-state index in [0.717, 1.165) is 4.47 Å². The minimum Gasteiger partial charge on any atom is -0.493 e. The lowest BCUT2D eigenvalue weighted by atomic mass is 10.2. The molecule has 6 nitrogen and oxygen atoms in total. The minimum absolute atomic E-state index is 0.363. The smallest absolute Gasteiger partial charge is 0.280 e. The second-order valence-corrected chi connectivity index (χ2v) is 5.95. The van der Waals surface area contributed by atoms with Crippen LogP contribution in [0.2, 0.25) is 0 Å². The number of ether oxygens (including phenoxy) is 3. The molecule has 7 heteroatoms. The van der Waals surface area contributed by atoms with Gasteiger partial charge in [-0.05, 0) is 37.3 Å². The van der Waals surface area contributed by atoms with E-state index in [0.29, 0.717) is 22.8 Å². The number of benzene rings is 2. The number of halogens is 1. The van der Waals surface area contributed by atoms with Crippen LogP contribution in [0, 0.1) is 0 Å². The third-order valence-electron chi connectivity index (χ3n) is 3.29. The standard InChI is InChI=1S/C18H19BrN2O4/c1-12(25-15-8-5-7-14(19)10-15)18(22)21-20-11-13-6-4-9-16(23-2)17(13)24-3/h4-12H,1-3H3,(H,21,22)/b20-11-/t12-/m1/s1. The van der Waals surface area contributed by atoms with Crippen LogP contribution < -0.4 is 19.6 Å². The topological polar surface area (TPSA) is 69.2 Å². The van der Waals surface area contributed by atoms with Crippen LogP contribution in [0.5, 0.6) is 17.2 Å². The summed E-state index contributed by atoms with van der Waals surface area (Å²) in [6.07, 6.45) is 0.795. The predicted molar refractivity (Wildman–Crippen MR) is 99.5 cm³/mol. The number of carbonyl (C=O) groups excluding carboxylic acids is 1. The molecule has 2 aromatic rings. The first-order valence-corrected chi connectivity index (χ1v) is 8.30. The first kappa shape index (κ1) is 18.8. The van der Waals surface area contributed by atoms with Gasteiger partial charge in [0.25, 0.3) is 5.91 Å². The summed E-state index contributed by atoms with van der Waals surface area (Å²) in [5, 5.41) is 3.96. The normalized spacial score (nSPS) is 11.8. The highest BCUT2D eigenvalue weighted by Gasteiger charge is 2.14. The monoisotopic (exact) mass is 406 g/mol. The summed E-state index contributed by atoms with van der Waals surface area (Å²) in [6, 6.07) is 12.7. The number of carbonyl (C=O) groups is 1. The van der Waals surface area contributed by atoms with E-state index in [2.05, 4.69) is 26.5 Å². The maximum atomic E-state index is 12.1. The SMILES string of the molecule is COc1cccc(/C=N\NC(=O)[C@@H](C)Oc2cccc(Br)c2)c1OC. The molecule has 0 aliphatic carbocycles. The predicted octanol–water partition coefficient (Wildman–Crippen LogP) is 3.38. The van der Waals surface area contributed by atoms with Gasteiger partial charge in [-0.15, -0.1) is 0 Å². The Morgan fingerprint density at radius 2 is 1.96 bits per heavy atom. The van der Waals surface area contributed by atoms with Gasteiger partial charge in [0, 0.05) is 10.0 Å². The molecule has 0 saturated heterocycles. The van der Waals surface area contributed by atoms with E-state index in [1.165, 1.54) is 6.21 Å². The molecule has 1 N–H and O–H groups in total. The summed E-state index contributed by atoms with van der Waals surface area (Å²) in [6.45, 7) is 1.65. The molecule has 132 valence electrons. The van der Waals surface area contributed by atoms with Crippen molar-refractivity contribution in [3.05, 3.63) is 52.5 Å². The van der Waals surface area contributed by atoms with Crippen LogP contribution in [0.4, 0.5) is 0 Å². The Balaban J connectivity index is 1.98. The maximum Gasteiger partial charge on any atom is 0.280 e. The van der Waals surface area contributed by atoms with Crippen LogP contribution in [0.1, 0.15) is 12.5 Å². The lowest BCUT2D eigenvalue weighted by molar-refractivity contribution is -0.127. The van der Waals surface area contributed by atoms with Crippen molar-refractivity contribution in [3.8, 4) is 17.2 Å². The molecule has 1 amide bonds. The largest absolute Gasteiger partial charge is 0.493 e. The van der Waals surface area contributed by atoms with Crippen LogP contribution in [0.3, 0.4) is 0 Å². The van der Waals surface area contributed by atoms with Crippen LogP contribution >= 0.6 is 15.9 Å². The molecule has 1 atom stereocenters. The number of para-hydroxylation sites is 1. The van der Waals surface area contributed by atoms with E-state index in [1.807, 2.05) is 18.2 Å². The minimum atomic E-state index is -0.696. The molecule has 0 radical (unpaired) electrons. The number of amides is 1. The molecule has 0 aliphatic heterocycles. The number of nitrogens with zero attached hydrogens (tertiary/aromatic N) is 1. The summed E-state index contributed by atoms with van der Waals surface area (Å²) in [7, 11) is 3.10. The molecule has 0 bridgehead atoms. The molecule has 0 fully saturated rings. The Hall–Kier alpha value is -2.54. The second-order valence-electron chi connectivity index (χ2n) is 5.03. The number of methoxy groups -OCH3 is 2. The van der Waals surface area contributed by atoms with Crippen molar-refractivity contribution in [2.24, 2.45) is 5.10 Å². The van der Waals surface area contributed by atoms with Crippen LogP contribution in [-0.4, -0.2) is 32.4 Å². The highest BCUT2D eigenvalue weighted by atomic mass is 79.9. The molecule has 0 unspecified atom stereocenters. The summed E-state index contributed by atoms with van der Waals surface area (Å²) in [4.78, 5) is 12.1. The van der Waals surface area contributed by atoms with E-state index in [1.54, 1.807) is 45.4 Å². The van der Waals surface area contributed by atoms with Gasteiger partial charge in [-0.2, -0.15) is 5.10 Å². The number of rotatable bonds is 7. The molecule has 2 rings (SSSR count). The van der Waals surface area contributed by atoms with Gasteiger partial charge in [0.15, 0.2) is 17.6 Å². The Labute approximate surface area is 154 Å². The van der Waals surface area contributed by atoms with Crippen LogP contribution in [0.15, 0.2) is 52.0 Å². The third kappa shape index (κ3) is 5.22. The van der Waals surface area contributed by atoms with Crippen molar-refractivity contribution in [1.29, 1.82) is 0 Å². The summed E-state index contributed by atoms with van der Waals surface area (Å²) >= 11 is 3.36. The summed E-state index contributed by atoms with van der Waals surface area (Å²) in [5.41, 5.74) is 3.14. The van der Waals surface area contributed by atoms with Crippen molar-refractivity contribution < 1.29 is 19.0 Å². The van der Waals surface area contributed by atoms with Gasteiger partial charge in [-0.3, -0.25) is 4.79 Å². The molecule has 2 aromatic carbocycles. The van der Waals surface area contributed by atoms with Gasteiger partial charge in [0.1, 0.15) is 5.75 Å². The fraction of sp³-hybridized carbons (Fsp3) is 0.222. The zero-order chi connectivity index (χ0) is 18.2. The van der Waals surface area contributed by atoms with E-state index >= 15 is 0 Å². The zero-order valence-corrected chi connectivity index (χ0v) is 15.7. The number of hydrogen-bond acceptors (Lipinski definition) is 5. The molecule has 0 saturated carbocycles. The van der Waals surface area contributed by atoms with Crippen molar-refractivity contribution in [2.45, 2.75) is 13.0 Å². The Bertz CT molecular complexity index is 764. The highest BCUT2D eigenvalue weighted by Crippen LogP contribution is 2.29. The van der Waals surface area contributed by atoms with Gasteiger partial charge in [-0.25, -0.2) is 5.43 Å². The number of hydrogen-bond donors (Lipinski definition) is 1. The molecule has 0 spiro atoms. The zero-order valence-electron chi connectivity index (χ0n) is 14.2. The van der Waals surface area contributed by atoms with E-state index in [-0.39, 0.29) is 5.91 Å². The molecule has 0 aliphatic rings. The fourth-order valence-corrected chi connectivity index (χ4v) is 2.45. The fourth-order valence-electron chi connectivity index (χ4n) is 2.07. The molecular formula is C18H19BrN2O4. The molecule has 0 heterocycles. The lowest BCUT2D eigenvalue weighted by Gasteiger charge is -2.13. The third-order valence-corrected chi connectivity index (χ3v) is 3.78. The van der Waals surface area contributed by atoms with Gasteiger partial charge in [0.05, 0.1) is 20.4 Å². The Kier molecular flexibility index (Phi) is 6.82. The van der Waals surface area contributed by atoms with Crippen molar-refractivity contribution >= 4 is 28.1 Å². The lowest BCUT2D eigenvalue weighted by Crippen LogP contribution is -2.33. The van der Waals surface area contributed by atoms with Crippen LogP contribution in [0.25, 0.3) is 0 Å². The van der Waals surface area contributed by atoms with Gasteiger partial charge >= 0.3 is 0 Å². The average Bonchev–Trinajstić information content (AvgIpc) is 2.61. The number of hydrazone groups is 1. The number of nitrogens with one attached hydrogen (secondary N) is 1. The molecule has 0 aromatic heterocycles. The first-order valence-electron chi connectivity index (χ1n) is 7.51. The van der Waals surface area contributed by atoms with E-state index in [4.69, 9.17) is 14.2 Å². The molecular weight excluding hydrogens is 388 g/mol. The first-order chi connectivity index (χ1) is 12.0. The summed E-state index contributed by atoms with van der Waals surface area (Å²) in [5.74, 6) is 1.36. The Morgan fingerprint density at radius 3 is 2.64 bits per heavy atom. The maximum absolute atomic E-state index is 12.1. The Morgan fingerprint density at radius 1 is 1.20 bits per heavy atom. The van der Waals surface area contributed by atoms with E-state index < -0.39 is 6.10 Å². The average molecular weight is 407 g/mol. The van der Waals surface area contributed by atoms with Gasteiger partial charge in [-0.1, -0.05) is 28.1 Å². The molecule has 25 heavy (non-hydrogen) atoms. The van der Waals surface area contributed by atoms with Gasteiger partial charge in [0.2, 0.25) is 0 Å². The van der Waals surface area contributed by atoms with Crippen LogP contribution in [-0.2, 0) is 4.79 Å². The van der Waals surface area contributed by atoms with Crippen molar-refractivity contribution in [1.82, 2.24) is 5.43 Å². The summed E-state index contributed by atoms with van der Waals surface area (Å²) < 4.78 is 17.0. The highest BCUT2D eigenvalue weighted by molar-refractivity contribution is 9.10. The van der Waals surface area contributed by atoms with Crippen molar-refractivity contribution in [2.75, 3.05) is 14.2 Å². The van der Waals surface area contributed by atoms with Gasteiger partial charge < -0.3 is 14.2 Å². The van der Waals surface area contributed by atoms with Crippen molar-refractivity contribution in [3.63, 3.8) is 0 Å².